The highest BCUT2D eigenvalue weighted by Crippen LogP contribution is 2.30. The fourth-order valence-electron chi connectivity index (χ4n) is 3.20. The number of aromatic nitrogens is 3. The van der Waals surface area contributed by atoms with Gasteiger partial charge in [0.05, 0.1) is 4.90 Å². The van der Waals surface area contributed by atoms with Gasteiger partial charge in [-0.1, -0.05) is 6.07 Å². The van der Waals surface area contributed by atoms with Crippen molar-refractivity contribution in [3.05, 3.63) is 66.1 Å². The average Bonchev–Trinajstić information content (AvgIpc) is 3.36. The Labute approximate surface area is 162 Å². The molecule has 0 fully saturated rings. The van der Waals surface area contributed by atoms with Crippen molar-refractivity contribution < 1.29 is 13.2 Å². The van der Waals surface area contributed by atoms with E-state index in [4.69, 9.17) is 0 Å². The summed E-state index contributed by atoms with van der Waals surface area (Å²) in [4.78, 5) is 17.8. The lowest BCUT2D eigenvalue weighted by Gasteiger charge is -2.15. The third kappa shape index (κ3) is 3.54. The largest absolute Gasteiger partial charge is 0.312 e. The zero-order valence-corrected chi connectivity index (χ0v) is 16.1. The molecule has 3 heterocycles. The van der Waals surface area contributed by atoms with Crippen LogP contribution in [0.3, 0.4) is 0 Å². The summed E-state index contributed by atoms with van der Waals surface area (Å²) in [5.74, 6) is 0.615. The molecule has 1 N–H and O–H groups in total. The van der Waals surface area contributed by atoms with Crippen LogP contribution in [0, 0.1) is 0 Å². The molecular formula is C19H19N5O3S. The molecule has 144 valence electrons. The smallest absolute Gasteiger partial charge is 0.240 e. The topological polar surface area (TPSA) is 97.2 Å². The number of carbonyl (C=O) groups is 1. The molecule has 0 spiro atoms. The molecule has 0 saturated heterocycles. The van der Waals surface area contributed by atoms with Crippen LogP contribution >= 0.6 is 0 Å². The number of rotatable bonds is 5. The first-order valence-corrected chi connectivity index (χ1v) is 10.3. The van der Waals surface area contributed by atoms with E-state index in [9.17, 15) is 13.2 Å². The highest BCUT2D eigenvalue weighted by Gasteiger charge is 2.24. The number of fused-ring (bicyclic) bond motifs is 1. The van der Waals surface area contributed by atoms with E-state index >= 15 is 0 Å². The zero-order valence-electron chi connectivity index (χ0n) is 15.2. The van der Waals surface area contributed by atoms with E-state index in [-0.39, 0.29) is 17.3 Å². The number of anilines is 1. The van der Waals surface area contributed by atoms with Crippen LogP contribution in [-0.4, -0.2) is 35.6 Å². The normalized spacial score (nSPS) is 13.5. The summed E-state index contributed by atoms with van der Waals surface area (Å²) in [6.07, 6.45) is 5.71. The molecule has 1 aliphatic rings. The van der Waals surface area contributed by atoms with Crippen LogP contribution in [0.15, 0.2) is 59.9 Å². The summed E-state index contributed by atoms with van der Waals surface area (Å²) < 4.78 is 29.5. The summed E-state index contributed by atoms with van der Waals surface area (Å²) in [6, 6.07) is 10.2. The van der Waals surface area contributed by atoms with Gasteiger partial charge in [0.25, 0.3) is 0 Å². The summed E-state index contributed by atoms with van der Waals surface area (Å²) in [5, 5.41) is 4.10. The van der Waals surface area contributed by atoms with Crippen LogP contribution in [0.5, 0.6) is 0 Å². The van der Waals surface area contributed by atoms with Gasteiger partial charge in [-0.25, -0.2) is 22.8 Å². The van der Waals surface area contributed by atoms with Crippen LogP contribution in [0.4, 0.5) is 5.69 Å². The molecule has 0 atom stereocenters. The van der Waals surface area contributed by atoms with Crippen molar-refractivity contribution in [1.82, 2.24) is 19.5 Å². The van der Waals surface area contributed by atoms with E-state index < -0.39 is 10.0 Å². The quantitative estimate of drug-likeness (QED) is 0.706. The van der Waals surface area contributed by atoms with Crippen LogP contribution in [0.25, 0.3) is 5.82 Å². The maximum Gasteiger partial charge on any atom is 0.240 e. The van der Waals surface area contributed by atoms with Gasteiger partial charge in [0, 0.05) is 44.3 Å². The van der Waals surface area contributed by atoms with Crippen molar-refractivity contribution in [3.8, 4) is 5.82 Å². The SMILES string of the molecule is CC(=O)N1CCc2cc(S(=O)(=O)NCc3ccc(-n4cccn4)nc3)ccc21. The third-order valence-electron chi connectivity index (χ3n) is 4.65. The fraction of sp³-hybridized carbons (Fsp3) is 0.211. The first-order chi connectivity index (χ1) is 13.4. The van der Waals surface area contributed by atoms with Crippen LogP contribution in [-0.2, 0) is 27.8 Å². The predicted molar refractivity (Wildman–Crippen MR) is 104 cm³/mol. The number of nitrogens with one attached hydrogen (secondary N) is 1. The molecule has 1 aliphatic heterocycles. The third-order valence-corrected chi connectivity index (χ3v) is 6.05. The maximum atomic E-state index is 12.6. The molecule has 0 radical (unpaired) electrons. The van der Waals surface area contributed by atoms with Crippen LogP contribution in [0.1, 0.15) is 18.1 Å². The minimum atomic E-state index is -3.67. The van der Waals surface area contributed by atoms with E-state index in [2.05, 4.69) is 14.8 Å². The van der Waals surface area contributed by atoms with Crippen molar-refractivity contribution in [3.63, 3.8) is 0 Å². The average molecular weight is 397 g/mol. The minimum absolute atomic E-state index is 0.0430. The number of pyridine rings is 1. The molecule has 8 nitrogen and oxygen atoms in total. The van der Waals surface area contributed by atoms with Crippen molar-refractivity contribution in [2.24, 2.45) is 0 Å². The van der Waals surface area contributed by atoms with Crippen molar-refractivity contribution in [2.45, 2.75) is 24.8 Å². The number of amides is 1. The lowest BCUT2D eigenvalue weighted by Crippen LogP contribution is -2.26. The Hall–Kier alpha value is -3.04. The van der Waals surface area contributed by atoms with E-state index in [0.717, 1.165) is 16.8 Å². The van der Waals surface area contributed by atoms with Gasteiger partial charge in [-0.15, -0.1) is 0 Å². The van der Waals surface area contributed by atoms with E-state index in [1.165, 1.54) is 13.0 Å². The van der Waals surface area contributed by atoms with E-state index in [1.807, 2.05) is 0 Å². The molecular weight excluding hydrogens is 378 g/mol. The zero-order chi connectivity index (χ0) is 19.7. The highest BCUT2D eigenvalue weighted by molar-refractivity contribution is 7.89. The molecule has 2 aromatic heterocycles. The molecule has 4 rings (SSSR count). The summed E-state index contributed by atoms with van der Waals surface area (Å²) in [6.45, 7) is 2.22. The monoisotopic (exact) mass is 397 g/mol. The number of hydrogen-bond donors (Lipinski definition) is 1. The Kier molecular flexibility index (Phi) is 4.70. The molecule has 0 unspecified atom stereocenters. The summed E-state index contributed by atoms with van der Waals surface area (Å²) in [5.41, 5.74) is 2.39. The van der Waals surface area contributed by atoms with Gasteiger partial charge in [0.2, 0.25) is 15.9 Å². The van der Waals surface area contributed by atoms with Crippen LogP contribution in [0.2, 0.25) is 0 Å². The first-order valence-electron chi connectivity index (χ1n) is 8.80. The molecule has 0 aliphatic carbocycles. The number of nitrogens with zero attached hydrogens (tertiary/aromatic N) is 4. The Bertz CT molecular complexity index is 1110. The van der Waals surface area contributed by atoms with Crippen molar-refractivity contribution in [2.75, 3.05) is 11.4 Å². The number of benzene rings is 1. The molecule has 1 amide bonds. The predicted octanol–water partition coefficient (Wildman–Crippen LogP) is 1.65. The van der Waals surface area contributed by atoms with Crippen molar-refractivity contribution in [1.29, 1.82) is 0 Å². The molecule has 1 aromatic carbocycles. The second-order valence-electron chi connectivity index (χ2n) is 6.51. The maximum absolute atomic E-state index is 12.6. The summed E-state index contributed by atoms with van der Waals surface area (Å²) in [7, 11) is -3.67. The van der Waals surface area contributed by atoms with Gasteiger partial charge in [-0.3, -0.25) is 4.79 Å². The second kappa shape index (κ2) is 7.17. The molecule has 3 aromatic rings. The van der Waals surface area contributed by atoms with E-state index in [1.54, 1.807) is 58.5 Å². The fourth-order valence-corrected chi connectivity index (χ4v) is 4.26. The Morgan fingerprint density at radius 2 is 2.11 bits per heavy atom. The lowest BCUT2D eigenvalue weighted by molar-refractivity contribution is -0.116. The van der Waals surface area contributed by atoms with Crippen molar-refractivity contribution >= 4 is 21.6 Å². The Balaban J connectivity index is 1.47. The number of hydrogen-bond acceptors (Lipinski definition) is 5. The standard InChI is InChI=1S/C19H19N5O3S/c1-14(25)23-10-7-16-11-17(4-5-18(16)23)28(26,27)22-13-15-3-6-19(20-12-15)24-9-2-8-21-24/h2-6,8-9,11-12,22H,7,10,13H2,1H3. The Morgan fingerprint density at radius 3 is 2.79 bits per heavy atom. The van der Waals surface area contributed by atoms with E-state index in [0.29, 0.717) is 18.8 Å². The second-order valence-corrected chi connectivity index (χ2v) is 8.28. The van der Waals surface area contributed by atoms with Gasteiger partial charge < -0.3 is 4.90 Å². The van der Waals surface area contributed by atoms with Gasteiger partial charge in [-0.2, -0.15) is 5.10 Å². The van der Waals surface area contributed by atoms with Gasteiger partial charge in [0.1, 0.15) is 0 Å². The molecule has 0 saturated carbocycles. The Morgan fingerprint density at radius 1 is 1.25 bits per heavy atom. The number of carbonyl (C=O) groups excluding carboxylic acids is 1. The first kappa shape index (κ1) is 18.3. The number of sulfonamides is 1. The molecule has 28 heavy (non-hydrogen) atoms. The van der Waals surface area contributed by atoms with Gasteiger partial charge in [0.15, 0.2) is 5.82 Å². The highest BCUT2D eigenvalue weighted by atomic mass is 32.2. The van der Waals surface area contributed by atoms with Gasteiger partial charge in [-0.05, 0) is 47.9 Å². The molecule has 9 heteroatoms. The van der Waals surface area contributed by atoms with Gasteiger partial charge >= 0.3 is 0 Å². The summed E-state index contributed by atoms with van der Waals surface area (Å²) >= 11 is 0. The lowest BCUT2D eigenvalue weighted by atomic mass is 10.2. The van der Waals surface area contributed by atoms with Crippen LogP contribution < -0.4 is 9.62 Å². The minimum Gasteiger partial charge on any atom is -0.312 e. The molecule has 0 bridgehead atoms.